The molecule has 1 aromatic rings. The SMILES string of the molecule is CC1OCCC1(C)NS(=O)(=O)c1ncccc1F. The molecule has 2 heterocycles. The highest BCUT2D eigenvalue weighted by atomic mass is 32.2. The van der Waals surface area contributed by atoms with Gasteiger partial charge in [-0.25, -0.2) is 22.5 Å². The fourth-order valence-corrected chi connectivity index (χ4v) is 3.40. The first-order valence-electron chi connectivity index (χ1n) is 5.61. The smallest absolute Gasteiger partial charge is 0.261 e. The summed E-state index contributed by atoms with van der Waals surface area (Å²) >= 11 is 0. The minimum absolute atomic E-state index is 0.265. The first-order valence-corrected chi connectivity index (χ1v) is 7.09. The predicted molar refractivity (Wildman–Crippen MR) is 63.0 cm³/mol. The summed E-state index contributed by atoms with van der Waals surface area (Å²) < 4.78 is 45.5. The lowest BCUT2D eigenvalue weighted by Gasteiger charge is -2.28. The van der Waals surface area contributed by atoms with Crippen molar-refractivity contribution in [1.29, 1.82) is 0 Å². The first-order chi connectivity index (χ1) is 8.35. The number of aromatic nitrogens is 1. The van der Waals surface area contributed by atoms with Gasteiger partial charge >= 0.3 is 0 Å². The molecule has 0 aliphatic carbocycles. The summed E-state index contributed by atoms with van der Waals surface area (Å²) in [4.78, 5) is 3.58. The molecule has 1 fully saturated rings. The van der Waals surface area contributed by atoms with E-state index in [1.807, 2.05) is 0 Å². The van der Waals surface area contributed by atoms with Crippen molar-refractivity contribution in [3.05, 3.63) is 24.1 Å². The number of halogens is 1. The number of hydrogen-bond donors (Lipinski definition) is 1. The van der Waals surface area contributed by atoms with Gasteiger partial charge in [-0.1, -0.05) is 0 Å². The Morgan fingerprint density at radius 2 is 2.33 bits per heavy atom. The maximum atomic E-state index is 13.5. The molecule has 1 aromatic heterocycles. The highest BCUT2D eigenvalue weighted by molar-refractivity contribution is 7.89. The van der Waals surface area contributed by atoms with Gasteiger partial charge in [0.15, 0.2) is 5.82 Å². The van der Waals surface area contributed by atoms with Crippen LogP contribution in [0.25, 0.3) is 0 Å². The Morgan fingerprint density at radius 1 is 1.61 bits per heavy atom. The van der Waals surface area contributed by atoms with Gasteiger partial charge in [0.05, 0.1) is 11.6 Å². The molecule has 0 spiro atoms. The molecule has 100 valence electrons. The van der Waals surface area contributed by atoms with Crippen LogP contribution in [0.4, 0.5) is 4.39 Å². The fourth-order valence-electron chi connectivity index (χ4n) is 1.89. The summed E-state index contributed by atoms with van der Waals surface area (Å²) in [5, 5.41) is -0.578. The molecule has 5 nitrogen and oxygen atoms in total. The van der Waals surface area contributed by atoms with Gasteiger partial charge < -0.3 is 4.74 Å². The van der Waals surface area contributed by atoms with Gasteiger partial charge in [-0.2, -0.15) is 0 Å². The summed E-state index contributed by atoms with van der Waals surface area (Å²) in [6.07, 6.45) is 1.52. The Morgan fingerprint density at radius 3 is 2.89 bits per heavy atom. The minimum atomic E-state index is -3.98. The van der Waals surface area contributed by atoms with E-state index in [2.05, 4.69) is 9.71 Å². The van der Waals surface area contributed by atoms with Crippen LogP contribution in [-0.4, -0.2) is 31.7 Å². The quantitative estimate of drug-likeness (QED) is 0.895. The van der Waals surface area contributed by atoms with Gasteiger partial charge in [0.25, 0.3) is 10.0 Å². The van der Waals surface area contributed by atoms with Crippen molar-refractivity contribution >= 4 is 10.0 Å². The lowest BCUT2D eigenvalue weighted by Crippen LogP contribution is -2.50. The van der Waals surface area contributed by atoms with Crippen LogP contribution in [0, 0.1) is 5.82 Å². The number of pyridine rings is 1. The van der Waals surface area contributed by atoms with E-state index in [4.69, 9.17) is 4.74 Å². The molecule has 2 atom stereocenters. The Labute approximate surface area is 105 Å². The van der Waals surface area contributed by atoms with Gasteiger partial charge in [0, 0.05) is 12.8 Å². The average molecular weight is 274 g/mol. The molecular formula is C11H15FN2O3S. The van der Waals surface area contributed by atoms with E-state index < -0.39 is 26.4 Å². The average Bonchev–Trinajstić information content (AvgIpc) is 2.58. The van der Waals surface area contributed by atoms with Crippen molar-refractivity contribution in [3.63, 3.8) is 0 Å². The van der Waals surface area contributed by atoms with E-state index in [-0.39, 0.29) is 6.10 Å². The third-order valence-electron chi connectivity index (χ3n) is 3.23. The summed E-state index contributed by atoms with van der Waals surface area (Å²) in [5.74, 6) is -0.861. The third kappa shape index (κ3) is 2.38. The van der Waals surface area contributed by atoms with Crippen molar-refractivity contribution < 1.29 is 17.5 Å². The summed E-state index contributed by atoms with van der Waals surface area (Å²) in [5.41, 5.74) is -0.733. The number of rotatable bonds is 3. The Kier molecular flexibility index (Phi) is 3.39. The lowest BCUT2D eigenvalue weighted by atomic mass is 9.97. The van der Waals surface area contributed by atoms with Gasteiger partial charge in [-0.15, -0.1) is 0 Å². The van der Waals surface area contributed by atoms with Gasteiger partial charge in [-0.05, 0) is 32.4 Å². The van der Waals surface area contributed by atoms with Gasteiger partial charge in [0.2, 0.25) is 5.03 Å². The van der Waals surface area contributed by atoms with Crippen LogP contribution < -0.4 is 4.72 Å². The lowest BCUT2D eigenvalue weighted by molar-refractivity contribution is 0.0957. The topological polar surface area (TPSA) is 68.3 Å². The number of ether oxygens (including phenoxy) is 1. The van der Waals surface area contributed by atoms with Gasteiger partial charge in [-0.3, -0.25) is 0 Å². The van der Waals surface area contributed by atoms with E-state index in [9.17, 15) is 12.8 Å². The van der Waals surface area contributed by atoms with E-state index in [1.165, 1.54) is 12.3 Å². The Bertz CT molecular complexity index is 549. The molecule has 1 aliphatic rings. The maximum absolute atomic E-state index is 13.5. The van der Waals surface area contributed by atoms with Crippen LogP contribution >= 0.6 is 0 Å². The molecule has 0 aromatic carbocycles. The number of sulfonamides is 1. The molecule has 7 heteroatoms. The Balaban J connectivity index is 2.31. The van der Waals surface area contributed by atoms with Crippen LogP contribution in [0.5, 0.6) is 0 Å². The van der Waals surface area contributed by atoms with Crippen LogP contribution in [0.3, 0.4) is 0 Å². The standard InChI is InChI=1S/C11H15FN2O3S/c1-8-11(2,5-7-17-8)14-18(15,16)10-9(12)4-3-6-13-10/h3-4,6,8,14H,5,7H2,1-2H3. The predicted octanol–water partition coefficient (Wildman–Crippen LogP) is 1.07. The molecule has 2 rings (SSSR count). The van der Waals surface area contributed by atoms with Crippen LogP contribution in [-0.2, 0) is 14.8 Å². The largest absolute Gasteiger partial charge is 0.376 e. The van der Waals surface area contributed by atoms with Crippen molar-refractivity contribution in [2.75, 3.05) is 6.61 Å². The van der Waals surface area contributed by atoms with Crippen molar-refractivity contribution in [2.24, 2.45) is 0 Å². The summed E-state index contributed by atoms with van der Waals surface area (Å²) in [7, 11) is -3.98. The van der Waals surface area contributed by atoms with E-state index in [0.717, 1.165) is 6.07 Å². The zero-order valence-electron chi connectivity index (χ0n) is 10.2. The molecule has 1 N–H and O–H groups in total. The van der Waals surface area contributed by atoms with E-state index >= 15 is 0 Å². The van der Waals surface area contributed by atoms with Crippen LogP contribution in [0.15, 0.2) is 23.4 Å². The highest BCUT2D eigenvalue weighted by Gasteiger charge is 2.41. The number of nitrogens with one attached hydrogen (secondary N) is 1. The second-order valence-electron chi connectivity index (χ2n) is 4.58. The molecule has 0 bridgehead atoms. The molecule has 0 amide bonds. The molecule has 0 radical (unpaired) electrons. The molecule has 2 unspecified atom stereocenters. The minimum Gasteiger partial charge on any atom is -0.376 e. The van der Waals surface area contributed by atoms with E-state index in [1.54, 1.807) is 13.8 Å². The molecule has 0 saturated carbocycles. The second kappa shape index (κ2) is 4.56. The Hall–Kier alpha value is -1.05. The number of hydrogen-bond acceptors (Lipinski definition) is 4. The first kappa shape index (κ1) is 13.4. The van der Waals surface area contributed by atoms with Crippen molar-refractivity contribution in [3.8, 4) is 0 Å². The number of nitrogens with zero attached hydrogens (tertiary/aromatic N) is 1. The summed E-state index contributed by atoms with van der Waals surface area (Å²) in [6.45, 7) is 4.00. The normalized spacial score (nSPS) is 28.5. The van der Waals surface area contributed by atoms with Crippen LogP contribution in [0.2, 0.25) is 0 Å². The zero-order chi connectivity index (χ0) is 13.4. The molecule has 1 aliphatic heterocycles. The maximum Gasteiger partial charge on any atom is 0.261 e. The molecular weight excluding hydrogens is 259 g/mol. The second-order valence-corrected chi connectivity index (χ2v) is 6.17. The molecule has 18 heavy (non-hydrogen) atoms. The highest BCUT2D eigenvalue weighted by Crippen LogP contribution is 2.27. The van der Waals surface area contributed by atoms with E-state index in [0.29, 0.717) is 13.0 Å². The summed E-state index contributed by atoms with van der Waals surface area (Å²) in [6, 6.07) is 2.41. The van der Waals surface area contributed by atoms with Gasteiger partial charge in [0.1, 0.15) is 0 Å². The van der Waals surface area contributed by atoms with Crippen LogP contribution in [0.1, 0.15) is 20.3 Å². The molecule has 1 saturated heterocycles. The van der Waals surface area contributed by atoms with Crippen molar-refractivity contribution in [1.82, 2.24) is 9.71 Å². The monoisotopic (exact) mass is 274 g/mol. The zero-order valence-corrected chi connectivity index (χ0v) is 11.0. The van der Waals surface area contributed by atoms with Crippen molar-refractivity contribution in [2.45, 2.75) is 36.9 Å². The third-order valence-corrected chi connectivity index (χ3v) is 4.78. The fraction of sp³-hybridized carbons (Fsp3) is 0.545.